The Bertz CT molecular complexity index is 433. The van der Waals surface area contributed by atoms with Crippen molar-refractivity contribution >= 4 is 12.1 Å². The van der Waals surface area contributed by atoms with E-state index in [4.69, 9.17) is 9.47 Å². The molecule has 1 amide bonds. The summed E-state index contributed by atoms with van der Waals surface area (Å²) in [6, 6.07) is -0.556. The topological polar surface area (TPSA) is 108 Å². The zero-order valence-corrected chi connectivity index (χ0v) is 15.5. The lowest BCUT2D eigenvalue weighted by atomic mass is 9.85. The molecule has 0 saturated heterocycles. The molecule has 0 saturated carbocycles. The van der Waals surface area contributed by atoms with Crippen molar-refractivity contribution in [3.63, 3.8) is 0 Å². The SMILES string of the molecule is CCOC(=O)C[C@H](C[N+](=O)[O-])[C@@H](NC(=O)OC(C)(C)C)[C@@H](C)CC. The first-order chi connectivity index (χ1) is 11.0. The van der Waals surface area contributed by atoms with Crippen LogP contribution in [0.2, 0.25) is 0 Å². The minimum atomic E-state index is -0.677. The first-order valence-corrected chi connectivity index (χ1v) is 8.27. The van der Waals surface area contributed by atoms with Gasteiger partial charge in [0.05, 0.1) is 18.9 Å². The number of carbonyl (C=O) groups is 2. The average Bonchev–Trinajstić information content (AvgIpc) is 2.41. The van der Waals surface area contributed by atoms with Gasteiger partial charge in [-0.25, -0.2) is 4.79 Å². The van der Waals surface area contributed by atoms with Gasteiger partial charge in [-0.15, -0.1) is 0 Å². The lowest BCUT2D eigenvalue weighted by molar-refractivity contribution is -0.489. The molecule has 8 nitrogen and oxygen atoms in total. The summed E-state index contributed by atoms with van der Waals surface area (Å²) in [4.78, 5) is 34.4. The Morgan fingerprint density at radius 2 is 1.83 bits per heavy atom. The highest BCUT2D eigenvalue weighted by molar-refractivity contribution is 5.70. The largest absolute Gasteiger partial charge is 0.466 e. The molecule has 0 aliphatic carbocycles. The molecular weight excluding hydrogens is 316 g/mol. The van der Waals surface area contributed by atoms with E-state index in [1.54, 1.807) is 27.7 Å². The zero-order valence-electron chi connectivity index (χ0n) is 15.5. The number of hydrogen-bond acceptors (Lipinski definition) is 6. The molecule has 0 aliphatic heterocycles. The molecule has 0 bridgehead atoms. The minimum Gasteiger partial charge on any atom is -0.466 e. The summed E-state index contributed by atoms with van der Waals surface area (Å²) in [7, 11) is 0. The van der Waals surface area contributed by atoms with E-state index in [9.17, 15) is 19.7 Å². The van der Waals surface area contributed by atoms with Gasteiger partial charge in [0.2, 0.25) is 6.54 Å². The van der Waals surface area contributed by atoms with Gasteiger partial charge in [-0.3, -0.25) is 14.9 Å². The third kappa shape index (κ3) is 9.32. The third-order valence-electron chi connectivity index (χ3n) is 3.57. The van der Waals surface area contributed by atoms with E-state index in [1.807, 2.05) is 13.8 Å². The van der Waals surface area contributed by atoms with Gasteiger partial charge in [0.1, 0.15) is 5.60 Å². The molecule has 3 atom stereocenters. The van der Waals surface area contributed by atoms with Crippen molar-refractivity contribution < 1.29 is 24.0 Å². The van der Waals surface area contributed by atoms with Crippen LogP contribution in [0, 0.1) is 22.0 Å². The first kappa shape index (κ1) is 22.1. The molecule has 24 heavy (non-hydrogen) atoms. The van der Waals surface area contributed by atoms with E-state index in [-0.39, 0.29) is 18.9 Å². The molecule has 1 N–H and O–H groups in total. The Hall–Kier alpha value is -1.86. The van der Waals surface area contributed by atoms with E-state index < -0.39 is 41.1 Å². The number of esters is 1. The van der Waals surface area contributed by atoms with Gasteiger partial charge in [0.15, 0.2) is 0 Å². The highest BCUT2D eigenvalue weighted by atomic mass is 16.6. The first-order valence-electron chi connectivity index (χ1n) is 8.27. The van der Waals surface area contributed by atoms with Crippen molar-refractivity contribution in [3.05, 3.63) is 10.1 Å². The van der Waals surface area contributed by atoms with E-state index in [0.717, 1.165) is 0 Å². The fourth-order valence-electron chi connectivity index (χ4n) is 2.35. The van der Waals surface area contributed by atoms with Crippen LogP contribution in [0.15, 0.2) is 0 Å². The molecule has 0 rings (SSSR count). The summed E-state index contributed by atoms with van der Waals surface area (Å²) in [5, 5.41) is 13.7. The van der Waals surface area contributed by atoms with Crippen LogP contribution in [-0.4, -0.2) is 41.8 Å². The standard InChI is InChI=1S/C16H30N2O6/c1-7-11(3)14(17-15(20)24-16(4,5)6)12(10-18(21)22)9-13(19)23-8-2/h11-12,14H,7-10H2,1-6H3,(H,17,20)/t11-,12+,14-/m0/s1. The Morgan fingerprint density at radius 1 is 1.25 bits per heavy atom. The Morgan fingerprint density at radius 3 is 2.25 bits per heavy atom. The van der Waals surface area contributed by atoms with Crippen LogP contribution in [0.4, 0.5) is 4.79 Å². The van der Waals surface area contributed by atoms with Gasteiger partial charge in [-0.1, -0.05) is 20.3 Å². The number of nitrogens with zero attached hydrogens (tertiary/aromatic N) is 1. The molecule has 0 fully saturated rings. The fourth-order valence-corrected chi connectivity index (χ4v) is 2.35. The normalized spacial score (nSPS) is 15.1. The predicted molar refractivity (Wildman–Crippen MR) is 89.2 cm³/mol. The number of amides is 1. The van der Waals surface area contributed by atoms with E-state index in [2.05, 4.69) is 5.32 Å². The highest BCUT2D eigenvalue weighted by Gasteiger charge is 2.34. The molecule has 0 spiro atoms. The van der Waals surface area contributed by atoms with Gasteiger partial charge < -0.3 is 14.8 Å². The number of nitro groups is 1. The van der Waals surface area contributed by atoms with Crippen molar-refractivity contribution in [1.29, 1.82) is 0 Å². The lowest BCUT2D eigenvalue weighted by Gasteiger charge is -2.31. The number of hydrogen-bond donors (Lipinski definition) is 1. The predicted octanol–water partition coefficient (Wildman–Crippen LogP) is 2.77. The van der Waals surface area contributed by atoms with E-state index in [1.165, 1.54) is 0 Å². The summed E-state index contributed by atoms with van der Waals surface area (Å²) in [5.41, 5.74) is -0.677. The molecular formula is C16H30N2O6. The second kappa shape index (κ2) is 10.1. The Kier molecular flexibility index (Phi) is 9.32. The van der Waals surface area contributed by atoms with Crippen molar-refractivity contribution in [3.8, 4) is 0 Å². The van der Waals surface area contributed by atoms with Crippen LogP contribution < -0.4 is 5.32 Å². The maximum atomic E-state index is 12.1. The van der Waals surface area contributed by atoms with Crippen LogP contribution >= 0.6 is 0 Å². The number of nitrogens with one attached hydrogen (secondary N) is 1. The number of rotatable bonds is 9. The van der Waals surface area contributed by atoms with Gasteiger partial charge in [-0.2, -0.15) is 0 Å². The minimum absolute atomic E-state index is 0.0584. The fraction of sp³-hybridized carbons (Fsp3) is 0.875. The van der Waals surface area contributed by atoms with Crippen LogP contribution in [0.25, 0.3) is 0 Å². The molecule has 140 valence electrons. The van der Waals surface area contributed by atoms with Crippen LogP contribution in [0.5, 0.6) is 0 Å². The Labute approximate surface area is 143 Å². The number of alkyl carbamates (subject to hydrolysis) is 1. The highest BCUT2D eigenvalue weighted by Crippen LogP contribution is 2.21. The molecule has 0 aromatic carbocycles. The molecule has 0 aromatic rings. The quantitative estimate of drug-likeness (QED) is 0.391. The molecule has 0 unspecified atom stereocenters. The van der Waals surface area contributed by atoms with E-state index in [0.29, 0.717) is 6.42 Å². The average molecular weight is 346 g/mol. The molecule has 8 heteroatoms. The van der Waals surface area contributed by atoms with Gasteiger partial charge in [0, 0.05) is 11.0 Å². The zero-order chi connectivity index (χ0) is 18.9. The number of ether oxygens (including phenoxy) is 2. The van der Waals surface area contributed by atoms with Gasteiger partial charge >= 0.3 is 12.1 Å². The van der Waals surface area contributed by atoms with Crippen LogP contribution in [0.3, 0.4) is 0 Å². The van der Waals surface area contributed by atoms with E-state index >= 15 is 0 Å². The number of carbonyl (C=O) groups excluding carboxylic acids is 2. The van der Waals surface area contributed by atoms with Crippen LogP contribution in [-0.2, 0) is 14.3 Å². The summed E-state index contributed by atoms with van der Waals surface area (Å²) in [6.07, 6.45) is -0.0815. The van der Waals surface area contributed by atoms with Gasteiger partial charge in [0.25, 0.3) is 0 Å². The lowest BCUT2D eigenvalue weighted by Crippen LogP contribution is -2.49. The van der Waals surface area contributed by atoms with Crippen molar-refractivity contribution in [2.75, 3.05) is 13.2 Å². The second-order valence-corrected chi connectivity index (χ2v) is 6.84. The molecule has 0 aliphatic rings. The molecule has 0 radical (unpaired) electrons. The molecule has 0 aromatic heterocycles. The second-order valence-electron chi connectivity index (χ2n) is 6.84. The summed E-state index contributed by atoms with van der Waals surface area (Å²) < 4.78 is 10.1. The smallest absolute Gasteiger partial charge is 0.407 e. The van der Waals surface area contributed by atoms with Crippen LogP contribution in [0.1, 0.15) is 54.4 Å². The maximum Gasteiger partial charge on any atom is 0.407 e. The summed E-state index contributed by atoms with van der Waals surface area (Å²) >= 11 is 0. The van der Waals surface area contributed by atoms with Crippen molar-refractivity contribution in [1.82, 2.24) is 5.32 Å². The summed E-state index contributed by atoms with van der Waals surface area (Å²) in [6.45, 7) is 10.4. The maximum absolute atomic E-state index is 12.1. The monoisotopic (exact) mass is 346 g/mol. The summed E-state index contributed by atoms with van der Waals surface area (Å²) in [5.74, 6) is -1.23. The van der Waals surface area contributed by atoms with Crippen molar-refractivity contribution in [2.45, 2.75) is 66.0 Å². The molecule has 0 heterocycles. The van der Waals surface area contributed by atoms with Gasteiger partial charge in [-0.05, 0) is 33.6 Å². The Balaban J connectivity index is 5.24. The van der Waals surface area contributed by atoms with Crippen molar-refractivity contribution in [2.24, 2.45) is 11.8 Å². The third-order valence-corrected chi connectivity index (χ3v) is 3.57.